The number of hydrogen-bond acceptors (Lipinski definition) is 14. The first-order valence-corrected chi connectivity index (χ1v) is 23.3. The summed E-state index contributed by atoms with van der Waals surface area (Å²) in [6.45, 7) is 2.50. The SMILES string of the molecule is O=C1CCC(N2C(=O)c3cccc(NCCn4cc(CCNC(=O)N5CCN(C(=O)Cc6ccc(Nc7ncc(F)c(Nc8ccc(C(=O)Nc9ccccc9Cl)cc8)n7)cc6)CC5)nn4)c3C2=O)C(=O)N1. The molecule has 5 heterocycles. The number of nitrogens with one attached hydrogen (secondary N) is 6. The molecule has 72 heavy (non-hydrogen) atoms. The Labute approximate surface area is 415 Å². The second-order valence-electron chi connectivity index (χ2n) is 17.0. The fraction of sp³-hybridized carbons (Fsp3) is 0.245. The number of carbonyl (C=O) groups excluding carboxylic acids is 7. The van der Waals surface area contributed by atoms with Gasteiger partial charge in [-0.05, 0) is 72.6 Å². The molecule has 0 bridgehead atoms. The van der Waals surface area contributed by atoms with Gasteiger partial charge in [0.25, 0.3) is 17.7 Å². The fourth-order valence-corrected chi connectivity index (χ4v) is 8.52. The predicted octanol–water partition coefficient (Wildman–Crippen LogP) is 4.75. The second kappa shape index (κ2) is 21.5. The summed E-state index contributed by atoms with van der Waals surface area (Å²) in [6, 6.07) is 24.0. The van der Waals surface area contributed by atoms with E-state index in [0.717, 1.165) is 16.7 Å². The minimum Gasteiger partial charge on any atom is -0.383 e. The monoisotopic (exact) mass is 996 g/mol. The molecule has 23 heteroatoms. The highest BCUT2D eigenvalue weighted by Crippen LogP contribution is 2.32. The third-order valence-corrected chi connectivity index (χ3v) is 12.5. The first-order chi connectivity index (χ1) is 34.9. The van der Waals surface area contributed by atoms with E-state index >= 15 is 0 Å². The van der Waals surface area contributed by atoms with Crippen molar-refractivity contribution in [3.63, 3.8) is 0 Å². The maximum atomic E-state index is 14.8. The Morgan fingerprint density at radius 1 is 0.806 bits per heavy atom. The highest BCUT2D eigenvalue weighted by Gasteiger charge is 2.45. The first kappa shape index (κ1) is 48.2. The molecule has 9 rings (SSSR count). The van der Waals surface area contributed by atoms with Gasteiger partial charge in [0.1, 0.15) is 6.04 Å². The number of halogens is 2. The van der Waals surface area contributed by atoms with Crippen LogP contribution < -0.4 is 31.9 Å². The zero-order chi connectivity index (χ0) is 50.3. The van der Waals surface area contributed by atoms with Crippen LogP contribution in [0.25, 0.3) is 0 Å². The Morgan fingerprint density at radius 3 is 2.29 bits per heavy atom. The Morgan fingerprint density at radius 2 is 1.53 bits per heavy atom. The molecular formula is C49H46ClFN14O7. The van der Waals surface area contributed by atoms with Crippen molar-refractivity contribution < 1.29 is 38.0 Å². The van der Waals surface area contributed by atoms with E-state index in [0.29, 0.717) is 91.3 Å². The molecule has 4 aromatic carbocycles. The number of rotatable bonds is 16. The van der Waals surface area contributed by atoms with Gasteiger partial charge in [0.2, 0.25) is 23.7 Å². The van der Waals surface area contributed by atoms with Crippen molar-refractivity contribution in [1.82, 2.24) is 50.3 Å². The molecule has 1 atom stereocenters. The molecule has 1 unspecified atom stereocenters. The lowest BCUT2D eigenvalue weighted by atomic mass is 10.0. The number of aromatic nitrogens is 5. The summed E-state index contributed by atoms with van der Waals surface area (Å²) >= 11 is 6.15. The summed E-state index contributed by atoms with van der Waals surface area (Å²) < 4.78 is 16.4. The fourth-order valence-electron chi connectivity index (χ4n) is 8.33. The van der Waals surface area contributed by atoms with Crippen LogP contribution in [0.2, 0.25) is 5.02 Å². The number of carbonyl (C=O) groups is 7. The molecule has 3 aliphatic rings. The van der Waals surface area contributed by atoms with Crippen molar-refractivity contribution in [3.8, 4) is 0 Å². The average molecular weight is 997 g/mol. The lowest BCUT2D eigenvalue weighted by molar-refractivity contribution is -0.136. The van der Waals surface area contributed by atoms with Crippen LogP contribution in [-0.4, -0.2) is 126 Å². The second-order valence-corrected chi connectivity index (χ2v) is 17.4. The van der Waals surface area contributed by atoms with Gasteiger partial charge in [-0.2, -0.15) is 4.98 Å². The van der Waals surface area contributed by atoms with Gasteiger partial charge >= 0.3 is 6.03 Å². The number of nitrogens with zero attached hydrogens (tertiary/aromatic N) is 8. The summed E-state index contributed by atoms with van der Waals surface area (Å²) in [5.74, 6) is -3.36. The van der Waals surface area contributed by atoms with Crippen molar-refractivity contribution in [1.29, 1.82) is 0 Å². The zero-order valence-corrected chi connectivity index (χ0v) is 39.1. The number of para-hydroxylation sites is 1. The summed E-state index contributed by atoms with van der Waals surface area (Å²) in [5.41, 5.74) is 4.17. The molecule has 368 valence electrons. The predicted molar refractivity (Wildman–Crippen MR) is 261 cm³/mol. The van der Waals surface area contributed by atoms with Gasteiger partial charge in [-0.25, -0.2) is 14.2 Å². The number of piperidine rings is 1. The van der Waals surface area contributed by atoms with Gasteiger partial charge in [-0.15, -0.1) is 5.10 Å². The van der Waals surface area contributed by atoms with E-state index in [9.17, 15) is 38.0 Å². The normalized spacial score (nSPS) is 15.5. The smallest absolute Gasteiger partial charge is 0.317 e. The Balaban J connectivity index is 0.674. The lowest BCUT2D eigenvalue weighted by Gasteiger charge is -2.34. The molecule has 0 aliphatic carbocycles. The quantitative estimate of drug-likeness (QED) is 0.0716. The number of hydrogen-bond donors (Lipinski definition) is 6. The first-order valence-electron chi connectivity index (χ1n) is 23.0. The molecule has 2 fully saturated rings. The van der Waals surface area contributed by atoms with Crippen LogP contribution >= 0.6 is 11.6 Å². The molecule has 6 N–H and O–H groups in total. The maximum absolute atomic E-state index is 14.8. The van der Waals surface area contributed by atoms with Crippen LogP contribution in [-0.2, 0) is 33.8 Å². The zero-order valence-electron chi connectivity index (χ0n) is 38.4. The summed E-state index contributed by atoms with van der Waals surface area (Å²) in [4.78, 5) is 102. The van der Waals surface area contributed by atoms with Crippen molar-refractivity contribution in [3.05, 3.63) is 142 Å². The number of fused-ring (bicyclic) bond motifs is 1. The van der Waals surface area contributed by atoms with Crippen molar-refractivity contribution in [2.45, 2.75) is 38.3 Å². The van der Waals surface area contributed by atoms with Gasteiger partial charge in [-0.3, -0.25) is 43.7 Å². The summed E-state index contributed by atoms with van der Waals surface area (Å²) in [6.07, 6.45) is 3.47. The number of benzene rings is 4. The molecule has 0 spiro atoms. The number of anilines is 6. The van der Waals surface area contributed by atoms with Crippen LogP contribution in [0.15, 0.2) is 103 Å². The van der Waals surface area contributed by atoms with E-state index in [1.54, 1.807) is 106 Å². The topological polar surface area (TPSA) is 258 Å². The van der Waals surface area contributed by atoms with Crippen LogP contribution in [0, 0.1) is 5.82 Å². The number of amides is 8. The van der Waals surface area contributed by atoms with Gasteiger partial charge in [0, 0.05) is 80.9 Å². The van der Waals surface area contributed by atoms with Crippen molar-refractivity contribution >= 4 is 87.6 Å². The molecule has 8 amide bonds. The molecular weight excluding hydrogens is 951 g/mol. The maximum Gasteiger partial charge on any atom is 0.317 e. The number of piperazine rings is 1. The minimum absolute atomic E-state index is 0.0314. The number of urea groups is 1. The average Bonchev–Trinajstić information content (AvgIpc) is 3.94. The van der Waals surface area contributed by atoms with Crippen LogP contribution in [0.5, 0.6) is 0 Å². The number of imide groups is 2. The van der Waals surface area contributed by atoms with Crippen molar-refractivity contribution in [2.75, 3.05) is 60.5 Å². The molecule has 3 aliphatic heterocycles. The molecule has 0 radical (unpaired) electrons. The van der Waals surface area contributed by atoms with Crippen LogP contribution in [0.3, 0.4) is 0 Å². The van der Waals surface area contributed by atoms with Crippen LogP contribution in [0.1, 0.15) is 55.2 Å². The molecule has 6 aromatic rings. The minimum atomic E-state index is -1.06. The molecule has 0 saturated carbocycles. The van der Waals surface area contributed by atoms with E-state index in [-0.39, 0.29) is 60.0 Å². The largest absolute Gasteiger partial charge is 0.383 e. The van der Waals surface area contributed by atoms with E-state index in [1.807, 2.05) is 0 Å². The van der Waals surface area contributed by atoms with Gasteiger partial charge < -0.3 is 36.4 Å². The van der Waals surface area contributed by atoms with Gasteiger partial charge in [0.15, 0.2) is 11.6 Å². The van der Waals surface area contributed by atoms with Crippen LogP contribution in [0.4, 0.5) is 43.7 Å². The molecule has 2 saturated heterocycles. The summed E-state index contributed by atoms with van der Waals surface area (Å²) in [7, 11) is 0. The lowest BCUT2D eigenvalue weighted by Crippen LogP contribution is -2.54. The van der Waals surface area contributed by atoms with Gasteiger partial charge in [-0.1, -0.05) is 47.1 Å². The standard InChI is InChI=1S/C49H46ClFN14O7/c50-35-5-1-2-6-37(35)57-44(68)30-10-14-31(15-11-30)55-43-36(51)27-54-48(59-43)56-32-12-8-29(9-13-32)26-41(67)62-22-24-63(25-23-62)49(72)53-19-18-33-28-64(61-60-33)21-20-52-38-7-3-4-34-42(38)47(71)65(46(34)70)39-16-17-40(66)58-45(39)69/h1-15,27-28,39,52H,16-26H2,(H,53,72)(H,57,68)(H,58,66,69)(H2,54,55,56,59). The van der Waals surface area contributed by atoms with E-state index in [1.165, 1.54) is 6.07 Å². The van der Waals surface area contributed by atoms with E-state index < -0.39 is 35.5 Å². The molecule has 2 aromatic heterocycles. The van der Waals surface area contributed by atoms with Crippen molar-refractivity contribution in [2.24, 2.45) is 0 Å². The Bertz CT molecular complexity index is 3070. The Hall–Kier alpha value is -8.79. The summed E-state index contributed by atoms with van der Waals surface area (Å²) in [5, 5.41) is 25.8. The highest BCUT2D eigenvalue weighted by atomic mass is 35.5. The van der Waals surface area contributed by atoms with Gasteiger partial charge in [0.05, 0.1) is 46.7 Å². The highest BCUT2D eigenvalue weighted by molar-refractivity contribution is 6.34. The third kappa shape index (κ3) is 11.1. The Kier molecular flexibility index (Phi) is 14.4. The third-order valence-electron chi connectivity index (χ3n) is 12.1. The van der Waals surface area contributed by atoms with E-state index in [2.05, 4.69) is 52.2 Å². The van der Waals surface area contributed by atoms with E-state index in [4.69, 9.17) is 11.6 Å². The molecule has 21 nitrogen and oxygen atoms in total.